The van der Waals surface area contributed by atoms with Gasteiger partial charge in [-0.2, -0.15) is 0 Å². The lowest BCUT2D eigenvalue weighted by molar-refractivity contribution is 0.133. The number of aromatic hydroxyl groups is 1. The Morgan fingerprint density at radius 3 is 2.92 bits per heavy atom. The Hall–Kier alpha value is -2.40. The fraction of sp³-hybridized carbons (Fsp3) is 0.400. The highest BCUT2D eigenvalue weighted by molar-refractivity contribution is 5.56. The van der Waals surface area contributed by atoms with Gasteiger partial charge in [0, 0.05) is 30.6 Å². The molecule has 5 rings (SSSR count). The third-order valence-corrected chi connectivity index (χ3v) is 5.82. The highest BCUT2D eigenvalue weighted by Gasteiger charge is 2.40. The summed E-state index contributed by atoms with van der Waals surface area (Å²) in [5.74, 6) is 2.86. The molecule has 0 spiro atoms. The van der Waals surface area contributed by atoms with E-state index >= 15 is 0 Å². The molecule has 5 heteroatoms. The number of methoxy groups -OCH3 is 1. The van der Waals surface area contributed by atoms with Crippen LogP contribution in [0.1, 0.15) is 41.1 Å². The van der Waals surface area contributed by atoms with Crippen LogP contribution in [0, 0.1) is 0 Å². The maximum Gasteiger partial charge on any atom is 0.231 e. The van der Waals surface area contributed by atoms with Crippen LogP contribution in [0.15, 0.2) is 24.3 Å². The summed E-state index contributed by atoms with van der Waals surface area (Å²) in [6.45, 7) is 4.41. The average molecular weight is 339 g/mol. The van der Waals surface area contributed by atoms with Gasteiger partial charge in [-0.05, 0) is 41.3 Å². The van der Waals surface area contributed by atoms with Crippen molar-refractivity contribution in [1.29, 1.82) is 0 Å². The zero-order chi connectivity index (χ0) is 17.1. The Labute approximate surface area is 146 Å². The van der Waals surface area contributed by atoms with Crippen LogP contribution in [-0.2, 0) is 13.0 Å². The molecule has 0 aliphatic carbocycles. The summed E-state index contributed by atoms with van der Waals surface area (Å²) in [6, 6.07) is 8.36. The lowest BCUT2D eigenvalue weighted by atomic mass is 9.77. The van der Waals surface area contributed by atoms with E-state index in [1.165, 1.54) is 22.3 Å². The van der Waals surface area contributed by atoms with Crippen molar-refractivity contribution in [2.45, 2.75) is 31.8 Å². The molecule has 0 bridgehead atoms. The zero-order valence-corrected chi connectivity index (χ0v) is 14.4. The molecule has 0 radical (unpaired) electrons. The maximum atomic E-state index is 10.1. The number of rotatable bonds is 1. The van der Waals surface area contributed by atoms with Crippen LogP contribution in [-0.4, -0.2) is 30.5 Å². The van der Waals surface area contributed by atoms with Crippen molar-refractivity contribution in [3.63, 3.8) is 0 Å². The van der Waals surface area contributed by atoms with E-state index in [1.54, 1.807) is 7.11 Å². The van der Waals surface area contributed by atoms with Crippen LogP contribution in [0.3, 0.4) is 0 Å². The van der Waals surface area contributed by atoms with Gasteiger partial charge in [0.2, 0.25) is 6.79 Å². The number of benzene rings is 2. The highest BCUT2D eigenvalue weighted by Crippen LogP contribution is 2.51. The first-order valence-electron chi connectivity index (χ1n) is 8.72. The van der Waals surface area contributed by atoms with Gasteiger partial charge in [-0.1, -0.05) is 13.0 Å². The number of hydrogen-bond acceptors (Lipinski definition) is 5. The van der Waals surface area contributed by atoms with Crippen molar-refractivity contribution in [3.8, 4) is 23.0 Å². The molecule has 5 nitrogen and oxygen atoms in total. The molecule has 2 aromatic rings. The summed E-state index contributed by atoms with van der Waals surface area (Å²) in [6.07, 6.45) is 0.928. The fourth-order valence-corrected chi connectivity index (χ4v) is 4.65. The normalized spacial score (nSPS) is 23.6. The Balaban J connectivity index is 1.63. The molecular weight excluding hydrogens is 318 g/mol. The summed E-state index contributed by atoms with van der Waals surface area (Å²) in [7, 11) is 1.60. The van der Waals surface area contributed by atoms with Gasteiger partial charge in [0.05, 0.1) is 7.11 Å². The topological polar surface area (TPSA) is 51.2 Å². The molecule has 0 amide bonds. The lowest BCUT2D eigenvalue weighted by Gasteiger charge is -2.45. The predicted molar refractivity (Wildman–Crippen MR) is 92.5 cm³/mol. The number of phenolic OH excluding ortho intramolecular Hbond substituents is 1. The second kappa shape index (κ2) is 5.30. The van der Waals surface area contributed by atoms with Crippen LogP contribution < -0.4 is 14.2 Å². The minimum Gasteiger partial charge on any atom is -0.504 e. The number of hydrogen-bond donors (Lipinski definition) is 1. The standard InChI is InChI=1S/C20H21NO4/c1-11-13-3-4-17-20(25-10-24-17)15(13)9-21-6-5-12-7-16(22)18(23-2)8-14(12)19(11)21/h3-4,7-8,11,19,22H,5-6,9-10H2,1-2H3. The molecule has 2 unspecified atom stereocenters. The molecule has 3 heterocycles. The Morgan fingerprint density at radius 1 is 1.20 bits per heavy atom. The molecular formula is C20H21NO4. The van der Waals surface area contributed by atoms with E-state index in [0.717, 1.165) is 31.0 Å². The first kappa shape index (κ1) is 14.9. The van der Waals surface area contributed by atoms with E-state index in [1.807, 2.05) is 18.2 Å². The van der Waals surface area contributed by atoms with Gasteiger partial charge in [-0.15, -0.1) is 0 Å². The number of phenols is 1. The summed E-state index contributed by atoms with van der Waals surface area (Å²) in [4.78, 5) is 2.51. The van der Waals surface area contributed by atoms with Gasteiger partial charge < -0.3 is 19.3 Å². The first-order valence-corrected chi connectivity index (χ1v) is 8.72. The minimum atomic E-state index is 0.224. The molecule has 130 valence electrons. The Kier molecular flexibility index (Phi) is 3.16. The van der Waals surface area contributed by atoms with Crippen LogP contribution in [0.2, 0.25) is 0 Å². The van der Waals surface area contributed by atoms with Gasteiger partial charge >= 0.3 is 0 Å². The van der Waals surface area contributed by atoms with Gasteiger partial charge in [-0.25, -0.2) is 0 Å². The van der Waals surface area contributed by atoms with Crippen molar-refractivity contribution in [2.24, 2.45) is 0 Å². The molecule has 0 saturated carbocycles. The molecule has 2 atom stereocenters. The molecule has 25 heavy (non-hydrogen) atoms. The molecule has 0 fully saturated rings. The quantitative estimate of drug-likeness (QED) is 0.863. The smallest absolute Gasteiger partial charge is 0.231 e. The van der Waals surface area contributed by atoms with E-state index in [9.17, 15) is 5.11 Å². The van der Waals surface area contributed by atoms with Crippen LogP contribution in [0.4, 0.5) is 0 Å². The fourth-order valence-electron chi connectivity index (χ4n) is 4.65. The molecule has 0 aromatic heterocycles. The molecule has 2 aromatic carbocycles. The predicted octanol–water partition coefficient (Wildman–Crippen LogP) is 3.35. The van der Waals surface area contributed by atoms with Gasteiger partial charge in [0.25, 0.3) is 0 Å². The van der Waals surface area contributed by atoms with Gasteiger partial charge in [0.15, 0.2) is 23.0 Å². The maximum absolute atomic E-state index is 10.1. The summed E-state index contributed by atoms with van der Waals surface area (Å²) >= 11 is 0. The Bertz CT molecular complexity index is 863. The molecule has 1 N–H and O–H groups in total. The monoisotopic (exact) mass is 339 g/mol. The first-order chi connectivity index (χ1) is 12.2. The summed E-state index contributed by atoms with van der Waals surface area (Å²) in [5.41, 5.74) is 5.06. The molecule has 3 aliphatic heterocycles. The van der Waals surface area contributed by atoms with E-state index < -0.39 is 0 Å². The second-order valence-corrected chi connectivity index (χ2v) is 7.04. The second-order valence-electron chi connectivity index (χ2n) is 7.04. The zero-order valence-electron chi connectivity index (χ0n) is 14.4. The van der Waals surface area contributed by atoms with E-state index in [0.29, 0.717) is 18.5 Å². The third kappa shape index (κ3) is 2.05. The number of fused-ring (bicyclic) bond motifs is 6. The van der Waals surface area contributed by atoms with Crippen LogP contribution in [0.5, 0.6) is 23.0 Å². The number of ether oxygens (including phenoxy) is 3. The van der Waals surface area contributed by atoms with Gasteiger partial charge in [0.1, 0.15) is 0 Å². The molecule has 0 saturated heterocycles. The van der Waals surface area contributed by atoms with Gasteiger partial charge in [-0.3, -0.25) is 4.90 Å². The average Bonchev–Trinajstić information content (AvgIpc) is 3.10. The van der Waals surface area contributed by atoms with Crippen molar-refractivity contribution >= 4 is 0 Å². The SMILES string of the molecule is COc1cc2c(cc1O)CCN1Cc3c(ccc4c3OCO4)C(C)C21. The molecule has 3 aliphatic rings. The van der Waals surface area contributed by atoms with E-state index in [2.05, 4.69) is 17.9 Å². The lowest BCUT2D eigenvalue weighted by Crippen LogP contribution is -2.41. The van der Waals surface area contributed by atoms with Crippen molar-refractivity contribution in [2.75, 3.05) is 20.4 Å². The summed E-state index contributed by atoms with van der Waals surface area (Å²) < 4.78 is 16.6. The largest absolute Gasteiger partial charge is 0.504 e. The highest BCUT2D eigenvalue weighted by atomic mass is 16.7. The van der Waals surface area contributed by atoms with E-state index in [-0.39, 0.29) is 11.8 Å². The van der Waals surface area contributed by atoms with Crippen molar-refractivity contribution in [3.05, 3.63) is 46.5 Å². The number of nitrogens with zero attached hydrogens (tertiary/aromatic N) is 1. The van der Waals surface area contributed by atoms with Crippen molar-refractivity contribution < 1.29 is 19.3 Å². The van der Waals surface area contributed by atoms with Crippen molar-refractivity contribution in [1.82, 2.24) is 4.90 Å². The Morgan fingerprint density at radius 2 is 2.08 bits per heavy atom. The van der Waals surface area contributed by atoms with E-state index in [4.69, 9.17) is 14.2 Å². The third-order valence-electron chi connectivity index (χ3n) is 5.82. The minimum absolute atomic E-state index is 0.224. The summed E-state index contributed by atoms with van der Waals surface area (Å²) in [5, 5.41) is 10.1. The van der Waals surface area contributed by atoms with Crippen LogP contribution >= 0.6 is 0 Å². The van der Waals surface area contributed by atoms with Crippen LogP contribution in [0.25, 0.3) is 0 Å².